The highest BCUT2D eigenvalue weighted by atomic mass is 16.5. The van der Waals surface area contributed by atoms with Gasteiger partial charge in [0.1, 0.15) is 11.8 Å². The number of methoxy groups -OCH3 is 1. The largest absolute Gasteiger partial charge is 0.497 e. The standard InChI is InChI=1S/C23H31N3O4/c1-16(2)21(25-22(27)20-7-6-14-30-20)23(28)24-15-19(26-12-4-5-13-26)17-8-10-18(29-3)11-9-17/h6-11,14,16,19,21H,4-5,12-13,15H2,1-3H3,(H,24,28)(H,25,27)/t19?,21-/m0/s1. The first kappa shape index (κ1) is 21.9. The fraction of sp³-hybridized carbons (Fsp3) is 0.478. The van der Waals surface area contributed by atoms with Crippen molar-refractivity contribution in [3.8, 4) is 5.75 Å². The molecule has 1 fully saturated rings. The van der Waals surface area contributed by atoms with Crippen LogP contribution in [0.2, 0.25) is 0 Å². The van der Waals surface area contributed by atoms with Crippen LogP contribution < -0.4 is 15.4 Å². The fourth-order valence-corrected chi connectivity index (χ4v) is 3.80. The third-order valence-electron chi connectivity index (χ3n) is 5.53. The molecule has 1 unspecified atom stereocenters. The van der Waals surface area contributed by atoms with Crippen molar-refractivity contribution in [3.63, 3.8) is 0 Å². The minimum absolute atomic E-state index is 0.0601. The van der Waals surface area contributed by atoms with Gasteiger partial charge >= 0.3 is 0 Å². The lowest BCUT2D eigenvalue weighted by Crippen LogP contribution is -2.51. The molecule has 0 spiro atoms. The molecule has 2 atom stereocenters. The van der Waals surface area contributed by atoms with Gasteiger partial charge in [-0.1, -0.05) is 26.0 Å². The molecule has 1 aromatic carbocycles. The van der Waals surface area contributed by atoms with Crippen LogP contribution in [0.5, 0.6) is 5.75 Å². The summed E-state index contributed by atoms with van der Waals surface area (Å²) >= 11 is 0. The minimum atomic E-state index is -0.641. The normalized spacial score (nSPS) is 16.3. The first-order valence-corrected chi connectivity index (χ1v) is 10.5. The zero-order chi connectivity index (χ0) is 21.5. The molecule has 1 saturated heterocycles. The monoisotopic (exact) mass is 413 g/mol. The van der Waals surface area contributed by atoms with Crippen molar-refractivity contribution in [3.05, 3.63) is 54.0 Å². The number of rotatable bonds is 9. The summed E-state index contributed by atoms with van der Waals surface area (Å²) < 4.78 is 10.4. The summed E-state index contributed by atoms with van der Waals surface area (Å²) in [6.45, 7) is 6.32. The smallest absolute Gasteiger partial charge is 0.287 e. The molecule has 0 radical (unpaired) electrons. The second-order valence-electron chi connectivity index (χ2n) is 7.95. The molecule has 0 saturated carbocycles. The van der Waals surface area contributed by atoms with Crippen LogP contribution in [0.15, 0.2) is 47.1 Å². The van der Waals surface area contributed by atoms with Crippen LogP contribution in [-0.2, 0) is 4.79 Å². The number of amides is 2. The van der Waals surface area contributed by atoms with Gasteiger partial charge in [-0.2, -0.15) is 0 Å². The maximum atomic E-state index is 12.9. The lowest BCUT2D eigenvalue weighted by Gasteiger charge is -2.29. The quantitative estimate of drug-likeness (QED) is 0.660. The van der Waals surface area contributed by atoms with Gasteiger partial charge in [-0.3, -0.25) is 14.5 Å². The van der Waals surface area contributed by atoms with E-state index in [1.165, 1.54) is 6.26 Å². The summed E-state index contributed by atoms with van der Waals surface area (Å²) in [6, 6.07) is 10.7. The van der Waals surface area contributed by atoms with Crippen LogP contribution in [0, 0.1) is 5.92 Å². The number of benzene rings is 1. The van der Waals surface area contributed by atoms with Gasteiger partial charge in [0, 0.05) is 6.54 Å². The SMILES string of the molecule is COc1ccc(C(CNC(=O)[C@@H](NC(=O)c2ccco2)C(C)C)N2CCCC2)cc1. The Morgan fingerprint density at radius 2 is 1.83 bits per heavy atom. The van der Waals surface area contributed by atoms with Gasteiger partial charge in [-0.25, -0.2) is 0 Å². The number of hydrogen-bond donors (Lipinski definition) is 2. The average Bonchev–Trinajstić information content (AvgIpc) is 3.46. The van der Waals surface area contributed by atoms with E-state index >= 15 is 0 Å². The van der Waals surface area contributed by atoms with Crippen LogP contribution in [0.3, 0.4) is 0 Å². The molecule has 3 rings (SSSR count). The maximum Gasteiger partial charge on any atom is 0.287 e. The van der Waals surface area contributed by atoms with Crippen molar-refractivity contribution in [1.29, 1.82) is 0 Å². The predicted octanol–water partition coefficient (Wildman–Crippen LogP) is 3.00. The van der Waals surface area contributed by atoms with Crippen molar-refractivity contribution >= 4 is 11.8 Å². The number of furan rings is 1. The van der Waals surface area contributed by atoms with E-state index in [0.29, 0.717) is 6.54 Å². The summed E-state index contributed by atoms with van der Waals surface area (Å²) in [6.07, 6.45) is 3.76. The number of likely N-dealkylation sites (tertiary alicyclic amines) is 1. The predicted molar refractivity (Wildman–Crippen MR) is 114 cm³/mol. The molecule has 0 aliphatic carbocycles. The topological polar surface area (TPSA) is 83.8 Å². The zero-order valence-corrected chi connectivity index (χ0v) is 17.9. The van der Waals surface area contributed by atoms with E-state index in [2.05, 4.69) is 15.5 Å². The molecular weight excluding hydrogens is 382 g/mol. The van der Waals surface area contributed by atoms with Crippen LogP contribution in [0.4, 0.5) is 0 Å². The Balaban J connectivity index is 1.67. The van der Waals surface area contributed by atoms with Gasteiger partial charge in [-0.15, -0.1) is 0 Å². The highest BCUT2D eigenvalue weighted by molar-refractivity contribution is 5.95. The van der Waals surface area contributed by atoms with E-state index < -0.39 is 6.04 Å². The van der Waals surface area contributed by atoms with E-state index in [-0.39, 0.29) is 29.5 Å². The second-order valence-corrected chi connectivity index (χ2v) is 7.95. The molecule has 2 N–H and O–H groups in total. The van der Waals surface area contributed by atoms with Gasteiger partial charge in [0.05, 0.1) is 19.4 Å². The molecular formula is C23H31N3O4. The summed E-state index contributed by atoms with van der Waals surface area (Å²) in [5.74, 6) is 0.364. The van der Waals surface area contributed by atoms with Crippen LogP contribution in [0.25, 0.3) is 0 Å². The van der Waals surface area contributed by atoms with Gasteiger partial charge in [0.2, 0.25) is 5.91 Å². The number of nitrogens with zero attached hydrogens (tertiary/aromatic N) is 1. The van der Waals surface area contributed by atoms with E-state index in [1.54, 1.807) is 19.2 Å². The molecule has 1 aliphatic rings. The third-order valence-corrected chi connectivity index (χ3v) is 5.53. The molecule has 0 bridgehead atoms. The Morgan fingerprint density at radius 1 is 1.13 bits per heavy atom. The zero-order valence-electron chi connectivity index (χ0n) is 17.9. The Morgan fingerprint density at radius 3 is 2.40 bits per heavy atom. The highest BCUT2D eigenvalue weighted by Crippen LogP contribution is 2.26. The van der Waals surface area contributed by atoms with Crippen molar-refractivity contribution in [2.24, 2.45) is 5.92 Å². The second kappa shape index (κ2) is 10.3. The van der Waals surface area contributed by atoms with Gasteiger partial charge in [0.15, 0.2) is 5.76 Å². The number of nitrogens with one attached hydrogen (secondary N) is 2. The lowest BCUT2D eigenvalue weighted by atomic mass is 10.0. The highest BCUT2D eigenvalue weighted by Gasteiger charge is 2.28. The third kappa shape index (κ3) is 5.42. The maximum absolute atomic E-state index is 12.9. The van der Waals surface area contributed by atoms with Crippen LogP contribution in [-0.4, -0.2) is 49.5 Å². The molecule has 7 heteroatoms. The van der Waals surface area contributed by atoms with Gasteiger partial charge in [0.25, 0.3) is 5.91 Å². The molecule has 1 aromatic heterocycles. The van der Waals surface area contributed by atoms with Crippen molar-refractivity contribution < 1.29 is 18.7 Å². The first-order valence-electron chi connectivity index (χ1n) is 10.5. The number of carbonyl (C=O) groups is 2. The van der Waals surface area contributed by atoms with Crippen molar-refractivity contribution in [2.75, 3.05) is 26.7 Å². The van der Waals surface area contributed by atoms with Crippen LogP contribution >= 0.6 is 0 Å². The van der Waals surface area contributed by atoms with Gasteiger partial charge < -0.3 is 19.8 Å². The van der Waals surface area contributed by atoms with E-state index in [1.807, 2.05) is 38.1 Å². The molecule has 162 valence electrons. The molecule has 30 heavy (non-hydrogen) atoms. The number of ether oxygens (including phenoxy) is 1. The Hall–Kier alpha value is -2.80. The summed E-state index contributed by atoms with van der Waals surface area (Å²) in [5, 5.41) is 5.85. The summed E-state index contributed by atoms with van der Waals surface area (Å²) in [4.78, 5) is 27.7. The first-order chi connectivity index (χ1) is 14.5. The van der Waals surface area contributed by atoms with E-state index in [4.69, 9.17) is 9.15 Å². The van der Waals surface area contributed by atoms with Crippen LogP contribution in [0.1, 0.15) is 48.8 Å². The average molecular weight is 414 g/mol. The summed E-state index contributed by atoms with van der Waals surface area (Å²) in [5.41, 5.74) is 1.14. The molecule has 1 aliphatic heterocycles. The minimum Gasteiger partial charge on any atom is -0.497 e. The molecule has 2 heterocycles. The Bertz CT molecular complexity index is 811. The van der Waals surface area contributed by atoms with E-state index in [9.17, 15) is 9.59 Å². The number of hydrogen-bond acceptors (Lipinski definition) is 5. The Labute approximate surface area is 177 Å². The molecule has 2 amide bonds. The van der Waals surface area contributed by atoms with Gasteiger partial charge in [-0.05, 0) is 61.7 Å². The lowest BCUT2D eigenvalue weighted by molar-refractivity contribution is -0.124. The van der Waals surface area contributed by atoms with Crippen molar-refractivity contribution in [1.82, 2.24) is 15.5 Å². The van der Waals surface area contributed by atoms with Crippen molar-refractivity contribution in [2.45, 2.75) is 38.8 Å². The molecule has 2 aromatic rings. The fourth-order valence-electron chi connectivity index (χ4n) is 3.80. The summed E-state index contributed by atoms with van der Waals surface area (Å²) in [7, 11) is 1.65. The molecule has 7 nitrogen and oxygen atoms in total. The number of carbonyl (C=O) groups excluding carboxylic acids is 2. The van der Waals surface area contributed by atoms with E-state index in [0.717, 1.165) is 37.2 Å². The Kier molecular flexibility index (Phi) is 7.52.